The fraction of sp³-hybridized carbons (Fsp3) is 0.333. The monoisotopic (exact) mass is 176 g/mol. The standard InChI is InChI=1S/C6H6F2N2O2/c7-6(8)10-4(1-2-9-10)3-5(11)12/h1-2,6H,3H2,(H,11,12). The van der Waals surface area contributed by atoms with Gasteiger partial charge >= 0.3 is 12.5 Å². The topological polar surface area (TPSA) is 55.1 Å². The van der Waals surface area contributed by atoms with Crippen LogP contribution >= 0.6 is 0 Å². The molecule has 0 aliphatic carbocycles. The normalized spacial score (nSPS) is 10.6. The first kappa shape index (κ1) is 8.63. The molecule has 6 heteroatoms. The van der Waals surface area contributed by atoms with Crippen molar-refractivity contribution < 1.29 is 18.7 Å². The van der Waals surface area contributed by atoms with Crippen molar-refractivity contribution in [3.63, 3.8) is 0 Å². The van der Waals surface area contributed by atoms with Crippen LogP contribution in [0.2, 0.25) is 0 Å². The lowest BCUT2D eigenvalue weighted by Crippen LogP contribution is -2.09. The maximum absolute atomic E-state index is 12.0. The lowest BCUT2D eigenvalue weighted by atomic mass is 10.3. The highest BCUT2D eigenvalue weighted by Gasteiger charge is 2.13. The molecule has 1 aromatic heterocycles. The highest BCUT2D eigenvalue weighted by Crippen LogP contribution is 2.11. The zero-order chi connectivity index (χ0) is 9.14. The third-order valence-electron chi connectivity index (χ3n) is 1.27. The molecule has 0 aliphatic rings. The molecule has 12 heavy (non-hydrogen) atoms. The molecule has 0 atom stereocenters. The van der Waals surface area contributed by atoms with Gasteiger partial charge < -0.3 is 5.11 Å². The van der Waals surface area contributed by atoms with Gasteiger partial charge in [0, 0.05) is 6.20 Å². The second kappa shape index (κ2) is 3.29. The van der Waals surface area contributed by atoms with Gasteiger partial charge in [-0.15, -0.1) is 0 Å². The Morgan fingerprint density at radius 3 is 2.92 bits per heavy atom. The predicted octanol–water partition coefficient (Wildman–Crippen LogP) is 0.905. The Labute approximate surface area is 66.4 Å². The maximum Gasteiger partial charge on any atom is 0.333 e. The molecule has 0 radical (unpaired) electrons. The van der Waals surface area contributed by atoms with Crippen LogP contribution in [0.1, 0.15) is 12.2 Å². The Bertz CT molecular complexity index is 285. The molecular formula is C6H6F2N2O2. The third kappa shape index (κ3) is 1.77. The molecule has 1 N–H and O–H groups in total. The summed E-state index contributed by atoms with van der Waals surface area (Å²) >= 11 is 0. The molecule has 0 bridgehead atoms. The molecular weight excluding hydrogens is 170 g/mol. The fourth-order valence-electron chi connectivity index (χ4n) is 0.812. The minimum Gasteiger partial charge on any atom is -0.481 e. The van der Waals surface area contributed by atoms with Crippen LogP contribution in [0.15, 0.2) is 12.3 Å². The van der Waals surface area contributed by atoms with Crippen molar-refractivity contribution in [2.75, 3.05) is 0 Å². The minimum atomic E-state index is -2.78. The molecule has 0 unspecified atom stereocenters. The van der Waals surface area contributed by atoms with Crippen LogP contribution in [0.4, 0.5) is 8.78 Å². The lowest BCUT2D eigenvalue weighted by Gasteiger charge is -2.02. The molecule has 0 aromatic carbocycles. The van der Waals surface area contributed by atoms with Crippen LogP contribution < -0.4 is 0 Å². The van der Waals surface area contributed by atoms with E-state index in [0.717, 1.165) is 6.20 Å². The molecule has 0 amide bonds. The number of hydrogen-bond acceptors (Lipinski definition) is 2. The van der Waals surface area contributed by atoms with Gasteiger partial charge in [-0.25, -0.2) is 4.68 Å². The summed E-state index contributed by atoms with van der Waals surface area (Å²) in [6.07, 6.45) is 0.703. The van der Waals surface area contributed by atoms with Gasteiger partial charge in [0.05, 0.1) is 12.1 Å². The number of aromatic nitrogens is 2. The Morgan fingerprint density at radius 2 is 2.42 bits per heavy atom. The summed E-state index contributed by atoms with van der Waals surface area (Å²) in [4.78, 5) is 10.2. The number of rotatable bonds is 3. The second-order valence-electron chi connectivity index (χ2n) is 2.12. The van der Waals surface area contributed by atoms with E-state index < -0.39 is 18.9 Å². The fourth-order valence-corrected chi connectivity index (χ4v) is 0.812. The van der Waals surface area contributed by atoms with Crippen LogP contribution in [0.25, 0.3) is 0 Å². The van der Waals surface area contributed by atoms with E-state index in [2.05, 4.69) is 5.10 Å². The second-order valence-corrected chi connectivity index (χ2v) is 2.12. The zero-order valence-corrected chi connectivity index (χ0v) is 5.94. The molecule has 0 saturated heterocycles. The first-order valence-corrected chi connectivity index (χ1v) is 3.13. The van der Waals surface area contributed by atoms with E-state index in [1.54, 1.807) is 0 Å². The Morgan fingerprint density at radius 1 is 1.75 bits per heavy atom. The summed E-state index contributed by atoms with van der Waals surface area (Å²) < 4.78 is 24.4. The van der Waals surface area contributed by atoms with Crippen LogP contribution in [0.5, 0.6) is 0 Å². The van der Waals surface area contributed by atoms with Gasteiger partial charge in [0.25, 0.3) is 0 Å². The average molecular weight is 176 g/mol. The SMILES string of the molecule is O=C(O)Cc1ccnn1C(F)F. The summed E-state index contributed by atoms with van der Waals surface area (Å²) in [7, 11) is 0. The number of alkyl halides is 2. The zero-order valence-electron chi connectivity index (χ0n) is 5.94. The predicted molar refractivity (Wildman–Crippen MR) is 34.8 cm³/mol. The van der Waals surface area contributed by atoms with Gasteiger partial charge in [-0.1, -0.05) is 0 Å². The van der Waals surface area contributed by atoms with Crippen molar-refractivity contribution >= 4 is 5.97 Å². The highest BCUT2D eigenvalue weighted by molar-refractivity contribution is 5.69. The van der Waals surface area contributed by atoms with E-state index in [-0.39, 0.29) is 5.69 Å². The summed E-state index contributed by atoms with van der Waals surface area (Å²) in [5.74, 6) is -1.16. The molecule has 0 spiro atoms. The van der Waals surface area contributed by atoms with Gasteiger partial charge in [-0.05, 0) is 6.07 Å². The number of aliphatic carboxylic acids is 1. The van der Waals surface area contributed by atoms with Gasteiger partial charge in [-0.3, -0.25) is 4.79 Å². The van der Waals surface area contributed by atoms with Crippen LogP contribution in [-0.2, 0) is 11.2 Å². The van der Waals surface area contributed by atoms with Gasteiger partial charge in [0.15, 0.2) is 0 Å². The number of halogens is 2. The quantitative estimate of drug-likeness (QED) is 0.744. The highest BCUT2D eigenvalue weighted by atomic mass is 19.3. The van der Waals surface area contributed by atoms with Crippen molar-refractivity contribution in [3.8, 4) is 0 Å². The van der Waals surface area contributed by atoms with Gasteiger partial charge in [0.1, 0.15) is 0 Å². The smallest absolute Gasteiger partial charge is 0.333 e. The van der Waals surface area contributed by atoms with Crippen molar-refractivity contribution in [1.82, 2.24) is 9.78 Å². The number of carbonyl (C=O) groups is 1. The molecule has 0 saturated carbocycles. The van der Waals surface area contributed by atoms with Crippen molar-refractivity contribution in [2.45, 2.75) is 13.0 Å². The van der Waals surface area contributed by atoms with Crippen molar-refractivity contribution in [2.24, 2.45) is 0 Å². The maximum atomic E-state index is 12.0. The minimum absolute atomic E-state index is 0.00231. The van der Waals surface area contributed by atoms with E-state index in [9.17, 15) is 13.6 Å². The summed E-state index contributed by atoms with van der Waals surface area (Å²) in [5, 5.41) is 11.6. The lowest BCUT2D eigenvalue weighted by molar-refractivity contribution is -0.136. The average Bonchev–Trinajstić information content (AvgIpc) is 2.33. The number of hydrogen-bond donors (Lipinski definition) is 1. The van der Waals surface area contributed by atoms with Crippen LogP contribution in [0.3, 0.4) is 0 Å². The van der Waals surface area contributed by atoms with Gasteiger partial charge in [0.2, 0.25) is 0 Å². The van der Waals surface area contributed by atoms with Crippen molar-refractivity contribution in [3.05, 3.63) is 18.0 Å². The van der Waals surface area contributed by atoms with E-state index >= 15 is 0 Å². The number of nitrogens with zero attached hydrogens (tertiary/aromatic N) is 2. The van der Waals surface area contributed by atoms with E-state index in [0.29, 0.717) is 4.68 Å². The molecule has 66 valence electrons. The first-order valence-electron chi connectivity index (χ1n) is 3.13. The largest absolute Gasteiger partial charge is 0.481 e. The number of carboxylic acid groups (broad SMARTS) is 1. The Hall–Kier alpha value is -1.46. The Balaban J connectivity index is 2.84. The Kier molecular flexibility index (Phi) is 2.37. The molecule has 0 fully saturated rings. The van der Waals surface area contributed by atoms with Crippen molar-refractivity contribution in [1.29, 1.82) is 0 Å². The van der Waals surface area contributed by atoms with Gasteiger partial charge in [-0.2, -0.15) is 13.9 Å². The summed E-state index contributed by atoms with van der Waals surface area (Å²) in [5.41, 5.74) is -0.00231. The third-order valence-corrected chi connectivity index (χ3v) is 1.27. The number of carboxylic acids is 1. The molecule has 0 aliphatic heterocycles. The van der Waals surface area contributed by atoms with E-state index in [1.165, 1.54) is 6.07 Å². The molecule has 1 aromatic rings. The van der Waals surface area contributed by atoms with E-state index in [4.69, 9.17) is 5.11 Å². The molecule has 1 heterocycles. The molecule has 1 rings (SSSR count). The van der Waals surface area contributed by atoms with Crippen LogP contribution in [0, 0.1) is 0 Å². The summed E-state index contributed by atoms with van der Waals surface area (Å²) in [6.45, 7) is -2.78. The van der Waals surface area contributed by atoms with Crippen LogP contribution in [-0.4, -0.2) is 20.9 Å². The molecule has 4 nitrogen and oxygen atoms in total. The summed E-state index contributed by atoms with van der Waals surface area (Å²) in [6, 6.07) is 1.25. The van der Waals surface area contributed by atoms with E-state index in [1.807, 2.05) is 0 Å². The first-order chi connectivity index (χ1) is 5.61.